The van der Waals surface area contributed by atoms with Gasteiger partial charge in [0.1, 0.15) is 11.6 Å². The van der Waals surface area contributed by atoms with Crippen LogP contribution in [0.1, 0.15) is 11.3 Å². The highest BCUT2D eigenvalue weighted by Crippen LogP contribution is 2.31. The Morgan fingerprint density at radius 3 is 2.38 bits per heavy atom. The van der Waals surface area contributed by atoms with Gasteiger partial charge in [0.25, 0.3) is 0 Å². The number of piperazine rings is 1. The number of rotatable bonds is 4. The fourth-order valence-electron chi connectivity index (χ4n) is 4.02. The number of hydrogen-bond acceptors (Lipinski definition) is 4. The smallest absolute Gasteiger partial charge is 0.128 e. The van der Waals surface area contributed by atoms with Gasteiger partial charge in [-0.25, -0.2) is 14.4 Å². The molecule has 5 rings (SSSR count). The molecule has 0 N–H and O–H groups in total. The fourth-order valence-corrected chi connectivity index (χ4v) is 4.19. The second kappa shape index (κ2) is 8.97. The van der Waals surface area contributed by atoms with Crippen molar-refractivity contribution in [3.8, 4) is 0 Å². The van der Waals surface area contributed by atoms with E-state index in [1.165, 1.54) is 12.1 Å². The van der Waals surface area contributed by atoms with E-state index in [0.29, 0.717) is 5.02 Å². The lowest BCUT2D eigenvalue weighted by molar-refractivity contribution is 0.628. The lowest BCUT2D eigenvalue weighted by atomic mass is 10.1. The number of aromatic nitrogens is 2. The fraction of sp³-hybridized carbons (Fsp3) is 0.154. The lowest BCUT2D eigenvalue weighted by Gasteiger charge is -2.37. The summed E-state index contributed by atoms with van der Waals surface area (Å²) in [4.78, 5) is 14.0. The Morgan fingerprint density at radius 1 is 0.844 bits per heavy atom. The molecule has 2 aromatic carbocycles. The van der Waals surface area contributed by atoms with Crippen LogP contribution in [0, 0.1) is 5.82 Å². The molecular weight excluding hydrogens is 423 g/mol. The Hall–Kier alpha value is -3.44. The highest BCUT2D eigenvalue weighted by Gasteiger charge is 2.20. The van der Waals surface area contributed by atoms with Gasteiger partial charge in [0, 0.05) is 48.5 Å². The third-order valence-electron chi connectivity index (χ3n) is 5.68. The number of hydrogen-bond donors (Lipinski definition) is 0. The molecule has 1 fully saturated rings. The summed E-state index contributed by atoms with van der Waals surface area (Å²) in [7, 11) is 0. The second-order valence-electron chi connectivity index (χ2n) is 7.77. The average Bonchev–Trinajstić information content (AvgIpc) is 2.84. The first kappa shape index (κ1) is 20.5. The van der Waals surface area contributed by atoms with Gasteiger partial charge in [-0.05, 0) is 60.2 Å². The Balaban J connectivity index is 1.45. The highest BCUT2D eigenvalue weighted by atomic mass is 35.5. The van der Waals surface area contributed by atoms with Crippen molar-refractivity contribution in [2.75, 3.05) is 36.0 Å². The van der Waals surface area contributed by atoms with Crippen LogP contribution in [0.2, 0.25) is 5.02 Å². The molecule has 4 nitrogen and oxygen atoms in total. The van der Waals surface area contributed by atoms with Gasteiger partial charge >= 0.3 is 0 Å². The summed E-state index contributed by atoms with van der Waals surface area (Å²) in [6.07, 6.45) is 5.75. The van der Waals surface area contributed by atoms with Crippen molar-refractivity contribution in [2.45, 2.75) is 0 Å². The summed E-state index contributed by atoms with van der Waals surface area (Å²) in [5, 5.41) is 1.74. The molecule has 1 saturated heterocycles. The van der Waals surface area contributed by atoms with E-state index < -0.39 is 0 Å². The largest absolute Gasteiger partial charge is 0.367 e. The number of anilines is 2. The predicted molar refractivity (Wildman–Crippen MR) is 131 cm³/mol. The molecule has 3 heterocycles. The van der Waals surface area contributed by atoms with Crippen LogP contribution < -0.4 is 9.80 Å². The van der Waals surface area contributed by atoms with Gasteiger partial charge in [-0.3, -0.25) is 0 Å². The van der Waals surface area contributed by atoms with Crippen LogP contribution in [-0.2, 0) is 0 Å². The Morgan fingerprint density at radius 2 is 1.62 bits per heavy atom. The van der Waals surface area contributed by atoms with Crippen LogP contribution in [0.4, 0.5) is 15.9 Å². The quantitative estimate of drug-likeness (QED) is 0.391. The molecule has 0 atom stereocenters. The summed E-state index contributed by atoms with van der Waals surface area (Å²) < 4.78 is 13.2. The summed E-state index contributed by atoms with van der Waals surface area (Å²) in [5.74, 6) is 0.771. The van der Waals surface area contributed by atoms with E-state index in [4.69, 9.17) is 16.6 Å². The maximum absolute atomic E-state index is 13.2. The number of fused-ring (bicyclic) bond motifs is 1. The van der Waals surface area contributed by atoms with Crippen LogP contribution in [0.5, 0.6) is 0 Å². The highest BCUT2D eigenvalue weighted by molar-refractivity contribution is 6.31. The minimum atomic E-state index is -0.241. The molecule has 0 aliphatic carbocycles. The zero-order valence-electron chi connectivity index (χ0n) is 17.5. The summed E-state index contributed by atoms with van der Waals surface area (Å²) >= 11 is 6.32. The lowest BCUT2D eigenvalue weighted by Crippen LogP contribution is -2.46. The van der Waals surface area contributed by atoms with Gasteiger partial charge in [0.15, 0.2) is 0 Å². The maximum atomic E-state index is 13.2. The third kappa shape index (κ3) is 4.43. The van der Waals surface area contributed by atoms with Crippen LogP contribution >= 0.6 is 11.6 Å². The molecule has 4 aromatic rings. The van der Waals surface area contributed by atoms with E-state index >= 15 is 0 Å². The topological polar surface area (TPSA) is 32.3 Å². The summed E-state index contributed by atoms with van der Waals surface area (Å²) in [5.41, 5.74) is 3.80. The standard InChI is InChI=1S/C26H22ClFN4/c27-20-7-11-24-23(17-20)25(18-22(30-24)10-6-19-4-8-21(28)9-5-19)31-13-15-32(16-14-31)26-3-1-2-12-29-26/h1-12,17-18H,13-16H2/b10-6+. The van der Waals surface area contributed by atoms with Gasteiger partial charge in [-0.15, -0.1) is 0 Å². The number of benzene rings is 2. The van der Waals surface area contributed by atoms with E-state index in [9.17, 15) is 4.39 Å². The SMILES string of the molecule is Fc1ccc(/C=C/c2cc(N3CCN(c4ccccn4)CC3)c3cc(Cl)ccc3n2)cc1. The molecule has 1 aliphatic heterocycles. The number of nitrogens with zero attached hydrogens (tertiary/aromatic N) is 4. The zero-order valence-corrected chi connectivity index (χ0v) is 18.2. The monoisotopic (exact) mass is 444 g/mol. The molecule has 0 amide bonds. The molecule has 6 heteroatoms. The first-order chi connectivity index (χ1) is 15.7. The van der Waals surface area contributed by atoms with Crippen molar-refractivity contribution >= 4 is 46.2 Å². The van der Waals surface area contributed by atoms with Gasteiger partial charge in [0.2, 0.25) is 0 Å². The van der Waals surface area contributed by atoms with E-state index in [2.05, 4.69) is 26.9 Å². The Kier molecular flexibility index (Phi) is 5.73. The van der Waals surface area contributed by atoms with E-state index in [1.54, 1.807) is 12.1 Å². The molecule has 0 radical (unpaired) electrons. The van der Waals surface area contributed by atoms with Gasteiger partial charge in [-0.1, -0.05) is 35.9 Å². The maximum Gasteiger partial charge on any atom is 0.128 e. The average molecular weight is 445 g/mol. The molecule has 32 heavy (non-hydrogen) atoms. The molecule has 0 bridgehead atoms. The van der Waals surface area contributed by atoms with Crippen LogP contribution in [0.3, 0.4) is 0 Å². The molecule has 0 spiro atoms. The second-order valence-corrected chi connectivity index (χ2v) is 8.21. The Bertz CT molecular complexity index is 1250. The predicted octanol–water partition coefficient (Wildman–Crippen LogP) is 5.92. The summed E-state index contributed by atoms with van der Waals surface area (Å²) in [6, 6.07) is 20.4. The van der Waals surface area contributed by atoms with Crippen molar-refractivity contribution in [3.05, 3.63) is 95.0 Å². The number of pyridine rings is 2. The van der Waals surface area contributed by atoms with E-state index in [1.807, 2.05) is 48.7 Å². The third-order valence-corrected chi connectivity index (χ3v) is 5.91. The zero-order chi connectivity index (χ0) is 21.9. The van der Waals surface area contributed by atoms with Crippen LogP contribution in [0.15, 0.2) is 72.9 Å². The van der Waals surface area contributed by atoms with Crippen molar-refractivity contribution in [1.29, 1.82) is 0 Å². The van der Waals surface area contributed by atoms with Crippen molar-refractivity contribution in [3.63, 3.8) is 0 Å². The summed E-state index contributed by atoms with van der Waals surface area (Å²) in [6.45, 7) is 3.54. The molecule has 0 saturated carbocycles. The molecule has 160 valence electrons. The van der Waals surface area contributed by atoms with Crippen LogP contribution in [0.25, 0.3) is 23.1 Å². The first-order valence-corrected chi connectivity index (χ1v) is 11.0. The normalized spacial score (nSPS) is 14.4. The molecule has 0 unspecified atom stereocenters. The van der Waals surface area contributed by atoms with Gasteiger partial charge in [-0.2, -0.15) is 0 Å². The molecule has 1 aliphatic rings. The Labute approximate surface area is 191 Å². The van der Waals surface area contributed by atoms with E-state index in [0.717, 1.165) is 59.8 Å². The van der Waals surface area contributed by atoms with E-state index in [-0.39, 0.29) is 5.82 Å². The van der Waals surface area contributed by atoms with Gasteiger partial charge < -0.3 is 9.80 Å². The van der Waals surface area contributed by atoms with Crippen molar-refractivity contribution < 1.29 is 4.39 Å². The molecule has 2 aromatic heterocycles. The van der Waals surface area contributed by atoms with Crippen molar-refractivity contribution in [1.82, 2.24) is 9.97 Å². The first-order valence-electron chi connectivity index (χ1n) is 10.6. The minimum Gasteiger partial charge on any atom is -0.367 e. The van der Waals surface area contributed by atoms with Gasteiger partial charge in [0.05, 0.1) is 11.2 Å². The number of halogens is 2. The minimum absolute atomic E-state index is 0.241. The van der Waals surface area contributed by atoms with Crippen molar-refractivity contribution in [2.24, 2.45) is 0 Å². The van der Waals surface area contributed by atoms with Crippen LogP contribution in [-0.4, -0.2) is 36.1 Å². The molecular formula is C26H22ClFN4.